The van der Waals surface area contributed by atoms with Gasteiger partial charge in [0.1, 0.15) is 23.7 Å². The van der Waals surface area contributed by atoms with Gasteiger partial charge in [-0.15, -0.1) is 0 Å². The third-order valence-electron chi connectivity index (χ3n) is 3.41. The van der Waals surface area contributed by atoms with Gasteiger partial charge in [0, 0.05) is 18.0 Å². The lowest BCUT2D eigenvalue weighted by molar-refractivity contribution is 0.391. The molecule has 2 rings (SSSR count). The van der Waals surface area contributed by atoms with Crippen molar-refractivity contribution in [3.8, 4) is 11.5 Å². The fourth-order valence-corrected chi connectivity index (χ4v) is 2.21. The second-order valence-corrected chi connectivity index (χ2v) is 4.82. The maximum Gasteiger partial charge on any atom is 0.137 e. The third-order valence-corrected chi connectivity index (χ3v) is 3.41. The predicted octanol–water partition coefficient (Wildman–Crippen LogP) is 2.11. The van der Waals surface area contributed by atoms with Crippen molar-refractivity contribution in [3.05, 3.63) is 35.9 Å². The molecule has 2 aromatic rings. The molecule has 1 atom stereocenters. The molecule has 0 saturated heterocycles. The van der Waals surface area contributed by atoms with E-state index in [4.69, 9.17) is 9.47 Å². The van der Waals surface area contributed by atoms with E-state index in [0.29, 0.717) is 0 Å². The number of nitrogens with one attached hydrogen (secondary N) is 2. The van der Waals surface area contributed by atoms with Gasteiger partial charge in [-0.1, -0.05) is 0 Å². The van der Waals surface area contributed by atoms with Crippen molar-refractivity contribution in [1.82, 2.24) is 20.5 Å². The molecule has 0 saturated carbocycles. The highest BCUT2D eigenvalue weighted by atomic mass is 16.5. The topological polar surface area (TPSA) is 72.1 Å². The molecule has 21 heavy (non-hydrogen) atoms. The summed E-state index contributed by atoms with van der Waals surface area (Å²) in [6, 6.07) is 6.03. The van der Waals surface area contributed by atoms with Gasteiger partial charge >= 0.3 is 0 Å². The SMILES string of the molecule is COc1ccc(OC)c(C(C)NCCCc2ncn[nH]2)c1. The van der Waals surface area contributed by atoms with Crippen LogP contribution in [-0.2, 0) is 6.42 Å². The Balaban J connectivity index is 1.88. The zero-order chi connectivity index (χ0) is 15.1. The first-order valence-corrected chi connectivity index (χ1v) is 7.04. The van der Waals surface area contributed by atoms with Crippen LogP contribution in [0.1, 0.15) is 30.8 Å². The van der Waals surface area contributed by atoms with Gasteiger partial charge in [-0.2, -0.15) is 5.10 Å². The van der Waals surface area contributed by atoms with Gasteiger partial charge in [0.15, 0.2) is 0 Å². The number of aromatic nitrogens is 3. The van der Waals surface area contributed by atoms with Crippen LogP contribution in [0.15, 0.2) is 24.5 Å². The summed E-state index contributed by atoms with van der Waals surface area (Å²) < 4.78 is 10.7. The number of hydrogen-bond acceptors (Lipinski definition) is 5. The Bertz CT molecular complexity index is 543. The number of aryl methyl sites for hydroxylation is 1. The molecule has 0 spiro atoms. The zero-order valence-electron chi connectivity index (χ0n) is 12.7. The van der Waals surface area contributed by atoms with Crippen molar-refractivity contribution in [3.63, 3.8) is 0 Å². The van der Waals surface area contributed by atoms with Crippen molar-refractivity contribution in [2.75, 3.05) is 20.8 Å². The molecule has 1 unspecified atom stereocenters. The zero-order valence-corrected chi connectivity index (χ0v) is 12.7. The fourth-order valence-electron chi connectivity index (χ4n) is 2.21. The number of nitrogens with zero attached hydrogens (tertiary/aromatic N) is 2. The summed E-state index contributed by atoms with van der Waals surface area (Å²) in [6.45, 7) is 3.01. The summed E-state index contributed by atoms with van der Waals surface area (Å²) in [7, 11) is 3.35. The van der Waals surface area contributed by atoms with Crippen molar-refractivity contribution in [2.24, 2.45) is 0 Å². The van der Waals surface area contributed by atoms with Crippen LogP contribution >= 0.6 is 0 Å². The van der Waals surface area contributed by atoms with E-state index in [9.17, 15) is 0 Å². The van der Waals surface area contributed by atoms with Crippen molar-refractivity contribution < 1.29 is 9.47 Å². The molecule has 0 bridgehead atoms. The van der Waals surface area contributed by atoms with E-state index in [0.717, 1.165) is 42.3 Å². The average Bonchev–Trinajstić information content (AvgIpc) is 3.04. The van der Waals surface area contributed by atoms with Gasteiger partial charge in [0.25, 0.3) is 0 Å². The highest BCUT2D eigenvalue weighted by molar-refractivity contribution is 5.42. The lowest BCUT2D eigenvalue weighted by Gasteiger charge is -2.18. The smallest absolute Gasteiger partial charge is 0.137 e. The van der Waals surface area contributed by atoms with Gasteiger partial charge in [-0.3, -0.25) is 5.10 Å². The van der Waals surface area contributed by atoms with Crippen LogP contribution < -0.4 is 14.8 Å². The number of H-pyrrole nitrogens is 1. The van der Waals surface area contributed by atoms with E-state index in [1.54, 1.807) is 14.2 Å². The third kappa shape index (κ3) is 4.19. The monoisotopic (exact) mass is 290 g/mol. The summed E-state index contributed by atoms with van der Waals surface area (Å²) in [5.41, 5.74) is 1.09. The Morgan fingerprint density at radius 3 is 2.81 bits per heavy atom. The van der Waals surface area contributed by atoms with E-state index >= 15 is 0 Å². The van der Waals surface area contributed by atoms with E-state index in [1.807, 2.05) is 18.2 Å². The van der Waals surface area contributed by atoms with E-state index < -0.39 is 0 Å². The van der Waals surface area contributed by atoms with Crippen molar-refractivity contribution in [1.29, 1.82) is 0 Å². The normalized spacial score (nSPS) is 12.1. The molecular formula is C15H22N4O2. The fraction of sp³-hybridized carbons (Fsp3) is 0.467. The van der Waals surface area contributed by atoms with Crippen LogP contribution in [-0.4, -0.2) is 35.9 Å². The minimum atomic E-state index is 0.185. The van der Waals surface area contributed by atoms with Gasteiger partial charge < -0.3 is 14.8 Å². The van der Waals surface area contributed by atoms with Gasteiger partial charge in [0.2, 0.25) is 0 Å². The number of rotatable bonds is 8. The molecule has 1 heterocycles. The van der Waals surface area contributed by atoms with E-state index in [1.165, 1.54) is 6.33 Å². The Labute approximate surface area is 124 Å². The highest BCUT2D eigenvalue weighted by Gasteiger charge is 2.12. The van der Waals surface area contributed by atoms with Gasteiger partial charge in [-0.25, -0.2) is 4.98 Å². The molecule has 0 radical (unpaired) electrons. The largest absolute Gasteiger partial charge is 0.497 e. The Morgan fingerprint density at radius 1 is 1.29 bits per heavy atom. The first-order valence-electron chi connectivity index (χ1n) is 7.04. The molecule has 6 nitrogen and oxygen atoms in total. The maximum absolute atomic E-state index is 5.41. The Kier molecular flexibility index (Phi) is 5.57. The quantitative estimate of drug-likeness (QED) is 0.729. The molecular weight excluding hydrogens is 268 g/mol. The summed E-state index contributed by atoms with van der Waals surface area (Å²) in [4.78, 5) is 4.11. The molecule has 1 aromatic carbocycles. The second kappa shape index (κ2) is 7.64. The van der Waals surface area contributed by atoms with Crippen LogP contribution in [0.5, 0.6) is 11.5 Å². The Morgan fingerprint density at radius 2 is 2.14 bits per heavy atom. The number of benzene rings is 1. The lowest BCUT2D eigenvalue weighted by Crippen LogP contribution is -2.21. The molecule has 0 amide bonds. The average molecular weight is 290 g/mol. The minimum absolute atomic E-state index is 0.185. The van der Waals surface area contributed by atoms with Crippen LogP contribution in [0.25, 0.3) is 0 Å². The second-order valence-electron chi connectivity index (χ2n) is 4.82. The summed E-state index contributed by atoms with van der Waals surface area (Å²) in [6.07, 6.45) is 3.41. The molecule has 6 heteroatoms. The Hall–Kier alpha value is -2.08. The van der Waals surface area contributed by atoms with Crippen LogP contribution in [0.4, 0.5) is 0 Å². The van der Waals surface area contributed by atoms with Crippen LogP contribution in [0.2, 0.25) is 0 Å². The number of hydrogen-bond donors (Lipinski definition) is 2. The summed E-state index contributed by atoms with van der Waals surface area (Å²) in [5.74, 6) is 2.62. The summed E-state index contributed by atoms with van der Waals surface area (Å²) in [5, 5.41) is 10.2. The molecule has 0 aliphatic carbocycles. The van der Waals surface area contributed by atoms with Crippen molar-refractivity contribution >= 4 is 0 Å². The number of aromatic amines is 1. The van der Waals surface area contributed by atoms with E-state index in [2.05, 4.69) is 27.4 Å². The predicted molar refractivity (Wildman–Crippen MR) is 80.7 cm³/mol. The molecule has 0 aliphatic heterocycles. The van der Waals surface area contributed by atoms with Crippen LogP contribution in [0, 0.1) is 0 Å². The highest BCUT2D eigenvalue weighted by Crippen LogP contribution is 2.29. The molecule has 114 valence electrons. The first kappa shape index (κ1) is 15.3. The maximum atomic E-state index is 5.41. The molecule has 0 aliphatic rings. The molecule has 1 aromatic heterocycles. The first-order chi connectivity index (χ1) is 10.2. The van der Waals surface area contributed by atoms with Gasteiger partial charge in [-0.05, 0) is 38.1 Å². The summed E-state index contributed by atoms with van der Waals surface area (Å²) >= 11 is 0. The van der Waals surface area contributed by atoms with Gasteiger partial charge in [0.05, 0.1) is 14.2 Å². The lowest BCUT2D eigenvalue weighted by atomic mass is 10.1. The molecule has 2 N–H and O–H groups in total. The van der Waals surface area contributed by atoms with Crippen molar-refractivity contribution in [2.45, 2.75) is 25.8 Å². The number of methoxy groups -OCH3 is 2. The molecule has 0 fully saturated rings. The number of ether oxygens (including phenoxy) is 2. The standard InChI is InChI=1S/C15H22N4O2/c1-11(16-8-4-5-15-17-10-18-19-15)13-9-12(20-2)6-7-14(13)21-3/h6-7,9-11,16H,4-5,8H2,1-3H3,(H,17,18,19). The minimum Gasteiger partial charge on any atom is -0.497 e. The van der Waals surface area contributed by atoms with Crippen LogP contribution in [0.3, 0.4) is 0 Å². The van der Waals surface area contributed by atoms with E-state index in [-0.39, 0.29) is 6.04 Å².